The second-order valence-corrected chi connectivity index (χ2v) is 7.16. The summed E-state index contributed by atoms with van der Waals surface area (Å²) >= 11 is 6.91. The van der Waals surface area contributed by atoms with Gasteiger partial charge in [-0.2, -0.15) is 0 Å². The van der Waals surface area contributed by atoms with Gasteiger partial charge in [0.2, 0.25) is 4.77 Å². The van der Waals surface area contributed by atoms with Crippen LogP contribution >= 0.6 is 24.0 Å². The van der Waals surface area contributed by atoms with Crippen LogP contribution in [0.15, 0.2) is 51.8 Å². The zero-order valence-corrected chi connectivity index (χ0v) is 15.7. The number of anilines is 2. The minimum atomic E-state index is -1.02. The van der Waals surface area contributed by atoms with E-state index >= 15 is 0 Å². The van der Waals surface area contributed by atoms with Crippen molar-refractivity contribution in [3.63, 3.8) is 0 Å². The van der Waals surface area contributed by atoms with Gasteiger partial charge in [0.1, 0.15) is 11.9 Å². The number of para-hydroxylation sites is 1. The van der Waals surface area contributed by atoms with Gasteiger partial charge in [-0.1, -0.05) is 23.9 Å². The molecule has 6 nitrogen and oxygen atoms in total. The molecule has 2 aliphatic heterocycles. The van der Waals surface area contributed by atoms with Crippen molar-refractivity contribution >= 4 is 35.5 Å². The molecule has 0 radical (unpaired) electrons. The molecule has 2 atom stereocenters. The first-order chi connectivity index (χ1) is 12.6. The summed E-state index contributed by atoms with van der Waals surface area (Å²) in [6.45, 7) is 0.183. The maximum atomic E-state index is 14.8. The van der Waals surface area contributed by atoms with Gasteiger partial charge in [-0.15, -0.1) is 0 Å². The van der Waals surface area contributed by atoms with Crippen LogP contribution in [0.5, 0.6) is 0 Å². The van der Waals surface area contributed by atoms with Crippen molar-refractivity contribution in [3.05, 3.63) is 46.8 Å². The first-order valence-electron chi connectivity index (χ1n) is 7.87. The molecule has 0 saturated heterocycles. The van der Waals surface area contributed by atoms with Gasteiger partial charge < -0.3 is 19.5 Å². The molecule has 0 aliphatic carbocycles. The average Bonchev–Trinajstić information content (AvgIpc) is 2.95. The van der Waals surface area contributed by atoms with Crippen molar-refractivity contribution in [1.82, 2.24) is 9.55 Å². The van der Waals surface area contributed by atoms with E-state index in [2.05, 4.69) is 10.3 Å². The van der Waals surface area contributed by atoms with Gasteiger partial charge >= 0.3 is 0 Å². The number of methoxy groups -OCH3 is 2. The molecule has 2 aliphatic rings. The summed E-state index contributed by atoms with van der Waals surface area (Å²) in [4.78, 5) is 6.31. The Kier molecular flexibility index (Phi) is 4.70. The van der Waals surface area contributed by atoms with E-state index in [-0.39, 0.29) is 17.1 Å². The van der Waals surface area contributed by atoms with E-state index in [1.54, 1.807) is 18.0 Å². The summed E-state index contributed by atoms with van der Waals surface area (Å²) in [6.07, 6.45) is 0.109. The van der Waals surface area contributed by atoms with Crippen LogP contribution in [-0.4, -0.2) is 36.5 Å². The summed E-state index contributed by atoms with van der Waals surface area (Å²) in [7, 11) is 2.93. The molecule has 4 rings (SSSR count). The zero-order valence-electron chi connectivity index (χ0n) is 14.1. The Morgan fingerprint density at radius 2 is 2.15 bits per heavy atom. The smallest absolute Gasteiger partial charge is 0.203 e. The lowest BCUT2D eigenvalue weighted by atomic mass is 10.3. The highest BCUT2D eigenvalue weighted by Gasteiger charge is 2.38. The van der Waals surface area contributed by atoms with Crippen LogP contribution in [0.1, 0.15) is 6.23 Å². The largest absolute Gasteiger partial charge is 0.495 e. The van der Waals surface area contributed by atoms with Crippen LogP contribution in [-0.2, 0) is 14.2 Å². The van der Waals surface area contributed by atoms with Gasteiger partial charge in [0.25, 0.3) is 0 Å². The van der Waals surface area contributed by atoms with Crippen LogP contribution in [0, 0.1) is 4.77 Å². The number of nitrogens with zero attached hydrogens (tertiary/aromatic N) is 2. The number of aromatic nitrogens is 2. The molecule has 0 amide bonds. The Bertz CT molecular complexity index is 947. The molecule has 136 valence electrons. The van der Waals surface area contributed by atoms with E-state index in [0.717, 1.165) is 15.5 Å². The van der Waals surface area contributed by atoms with E-state index < -0.39 is 18.2 Å². The van der Waals surface area contributed by atoms with Gasteiger partial charge in [-0.3, -0.25) is 4.57 Å². The molecule has 0 fully saturated rings. The lowest BCUT2D eigenvalue weighted by molar-refractivity contribution is -0.0430. The quantitative estimate of drug-likeness (QED) is 0.667. The lowest BCUT2D eigenvalue weighted by Crippen LogP contribution is -2.21. The normalized spacial score (nSPS) is 21.2. The highest BCUT2D eigenvalue weighted by Crippen LogP contribution is 2.44. The van der Waals surface area contributed by atoms with Crippen molar-refractivity contribution in [2.75, 3.05) is 26.1 Å². The number of nitrogens with one attached hydrogen (secondary N) is 1. The molecule has 1 aromatic heterocycles. The standard InChI is InChI=1S/C17H16FN3O3S2/c1-22-8-10-14(23-2)13(18)16(24-10)21-7-12-15(20-17(21)25)19-9-5-3-4-6-11(9)26-12/h3-7,10,16H,8H2,1-2H3,(H,19,20,25)/t10-,16-/m1/s1. The van der Waals surface area contributed by atoms with E-state index in [0.29, 0.717) is 5.82 Å². The Hall–Kier alpha value is -1.94. The minimum absolute atomic E-state index is 0.118. The van der Waals surface area contributed by atoms with Gasteiger partial charge in [0, 0.05) is 18.2 Å². The number of halogens is 1. The number of hydrogen-bond donors (Lipinski definition) is 1. The molecule has 0 spiro atoms. The van der Waals surface area contributed by atoms with Crippen molar-refractivity contribution in [2.24, 2.45) is 0 Å². The Morgan fingerprint density at radius 1 is 1.35 bits per heavy atom. The van der Waals surface area contributed by atoms with Crippen LogP contribution in [0.4, 0.5) is 15.9 Å². The molecule has 1 aromatic carbocycles. The van der Waals surface area contributed by atoms with E-state index in [1.807, 2.05) is 24.3 Å². The van der Waals surface area contributed by atoms with Gasteiger partial charge in [0.15, 0.2) is 17.8 Å². The molecule has 1 N–H and O–H groups in total. The van der Waals surface area contributed by atoms with E-state index in [9.17, 15) is 4.39 Å². The molecule has 26 heavy (non-hydrogen) atoms. The summed E-state index contributed by atoms with van der Waals surface area (Å²) in [5.41, 5.74) is 0.967. The predicted octanol–water partition coefficient (Wildman–Crippen LogP) is 4.19. The second-order valence-electron chi connectivity index (χ2n) is 5.72. The molecule has 9 heteroatoms. The van der Waals surface area contributed by atoms with E-state index in [1.165, 1.54) is 18.8 Å². The number of fused-ring (bicyclic) bond motifs is 2. The molecule has 0 saturated carbocycles. The fourth-order valence-corrected chi connectivity index (χ4v) is 4.14. The molecular weight excluding hydrogens is 377 g/mol. The SMILES string of the molecule is COC[C@H]1O[C@@H](n2cc3c(nc2=S)Nc2ccccc2S3)C(F)=C1OC. The maximum absolute atomic E-state index is 14.8. The molecule has 0 bridgehead atoms. The summed E-state index contributed by atoms with van der Waals surface area (Å²) in [6, 6.07) is 7.89. The summed E-state index contributed by atoms with van der Waals surface area (Å²) < 4.78 is 32.5. The number of hydrogen-bond acceptors (Lipinski definition) is 7. The predicted molar refractivity (Wildman–Crippen MR) is 97.8 cm³/mol. The van der Waals surface area contributed by atoms with Crippen LogP contribution in [0.25, 0.3) is 0 Å². The van der Waals surface area contributed by atoms with Crippen molar-refractivity contribution in [2.45, 2.75) is 22.1 Å². The highest BCUT2D eigenvalue weighted by molar-refractivity contribution is 7.99. The Balaban J connectivity index is 1.72. The number of ether oxygens (including phenoxy) is 3. The third-order valence-corrected chi connectivity index (χ3v) is 5.50. The first-order valence-corrected chi connectivity index (χ1v) is 9.10. The summed E-state index contributed by atoms with van der Waals surface area (Å²) in [5, 5.41) is 3.26. The van der Waals surface area contributed by atoms with Crippen LogP contribution < -0.4 is 5.32 Å². The minimum Gasteiger partial charge on any atom is -0.495 e. The Labute approximate surface area is 159 Å². The Morgan fingerprint density at radius 3 is 2.92 bits per heavy atom. The molecular formula is C17H16FN3O3S2. The third kappa shape index (κ3) is 2.90. The lowest BCUT2D eigenvalue weighted by Gasteiger charge is -2.23. The van der Waals surface area contributed by atoms with Crippen molar-refractivity contribution < 1.29 is 18.6 Å². The highest BCUT2D eigenvalue weighted by atomic mass is 32.2. The summed E-state index contributed by atoms with van der Waals surface area (Å²) in [5.74, 6) is 0.243. The third-order valence-electron chi connectivity index (χ3n) is 4.11. The topological polar surface area (TPSA) is 57.5 Å². The zero-order chi connectivity index (χ0) is 18.3. The second kappa shape index (κ2) is 6.99. The van der Waals surface area contributed by atoms with Gasteiger partial charge in [-0.05, 0) is 24.4 Å². The fraction of sp³-hybridized carbons (Fsp3) is 0.294. The number of rotatable bonds is 4. The van der Waals surface area contributed by atoms with Crippen molar-refractivity contribution in [3.8, 4) is 0 Å². The number of benzene rings is 1. The molecule has 3 heterocycles. The monoisotopic (exact) mass is 393 g/mol. The van der Waals surface area contributed by atoms with Crippen LogP contribution in [0.2, 0.25) is 0 Å². The fourth-order valence-electron chi connectivity index (χ4n) is 2.92. The molecule has 2 aromatic rings. The van der Waals surface area contributed by atoms with Gasteiger partial charge in [-0.25, -0.2) is 9.37 Å². The average molecular weight is 393 g/mol. The van der Waals surface area contributed by atoms with Crippen molar-refractivity contribution in [1.29, 1.82) is 0 Å². The first kappa shape index (κ1) is 17.5. The van der Waals surface area contributed by atoms with Gasteiger partial charge in [0.05, 0.1) is 24.3 Å². The maximum Gasteiger partial charge on any atom is 0.203 e. The van der Waals surface area contributed by atoms with E-state index in [4.69, 9.17) is 26.4 Å². The molecule has 0 unspecified atom stereocenters. The van der Waals surface area contributed by atoms with Crippen LogP contribution in [0.3, 0.4) is 0 Å².